The molecule has 69 heavy (non-hydrogen) atoms. The van der Waals surface area contributed by atoms with E-state index in [2.05, 4.69) is 225 Å². The summed E-state index contributed by atoms with van der Waals surface area (Å²) in [7, 11) is 0. The van der Waals surface area contributed by atoms with Gasteiger partial charge in [0.05, 0.1) is 5.69 Å². The van der Waals surface area contributed by atoms with Crippen molar-refractivity contribution in [3.05, 3.63) is 208 Å². The topological polar surface area (TPSA) is 29.5 Å². The number of para-hydroxylation sites is 2. The van der Waals surface area contributed by atoms with Gasteiger partial charge >= 0.3 is 0 Å². The van der Waals surface area contributed by atoms with Crippen molar-refractivity contribution in [3.8, 4) is 44.5 Å². The molecule has 2 aromatic heterocycles. The minimum absolute atomic E-state index is 0.170. The van der Waals surface area contributed by atoms with Gasteiger partial charge in [-0.15, -0.1) is 0 Å². The number of hydrogen-bond acceptors (Lipinski definition) is 3. The third-order valence-corrected chi connectivity index (χ3v) is 16.7. The van der Waals surface area contributed by atoms with Crippen LogP contribution in [0.3, 0.4) is 0 Å². The van der Waals surface area contributed by atoms with Gasteiger partial charge in [-0.05, 0) is 165 Å². The molecule has 2 heterocycles. The van der Waals surface area contributed by atoms with E-state index in [1.807, 2.05) is 0 Å². The molecule has 0 saturated carbocycles. The lowest BCUT2D eigenvalue weighted by Crippen LogP contribution is -2.19. The first kappa shape index (κ1) is 40.4. The van der Waals surface area contributed by atoms with Crippen molar-refractivity contribution < 1.29 is 8.83 Å². The van der Waals surface area contributed by atoms with Crippen LogP contribution in [0.5, 0.6) is 0 Å². The van der Waals surface area contributed by atoms with E-state index >= 15 is 0 Å². The Morgan fingerprint density at radius 2 is 0.899 bits per heavy atom. The van der Waals surface area contributed by atoms with Crippen molar-refractivity contribution in [2.75, 3.05) is 4.90 Å². The highest BCUT2D eigenvalue weighted by Gasteiger charge is 2.44. The quantitative estimate of drug-likeness (QED) is 0.176. The molecule has 0 unspecified atom stereocenters. The van der Waals surface area contributed by atoms with Crippen molar-refractivity contribution >= 4 is 60.9 Å². The van der Waals surface area contributed by atoms with Crippen LogP contribution in [0.4, 0.5) is 17.1 Å². The lowest BCUT2D eigenvalue weighted by Gasteiger charge is -2.32. The average Bonchev–Trinajstić information content (AvgIpc) is 4.08. The Morgan fingerprint density at radius 3 is 1.61 bits per heavy atom. The first-order valence-electron chi connectivity index (χ1n) is 24.6. The number of rotatable bonds is 4. The number of aryl methyl sites for hydroxylation is 3. The van der Waals surface area contributed by atoms with Gasteiger partial charge in [0.25, 0.3) is 0 Å². The summed E-state index contributed by atoms with van der Waals surface area (Å²) in [6.45, 7) is 21.2. The van der Waals surface area contributed by atoms with E-state index < -0.39 is 0 Å². The van der Waals surface area contributed by atoms with Crippen molar-refractivity contribution in [1.82, 2.24) is 0 Å². The second-order valence-electron chi connectivity index (χ2n) is 21.8. The van der Waals surface area contributed by atoms with Gasteiger partial charge in [-0.1, -0.05) is 144 Å². The van der Waals surface area contributed by atoms with Crippen molar-refractivity contribution in [2.24, 2.45) is 0 Å². The highest BCUT2D eigenvalue weighted by molar-refractivity contribution is 6.19. The van der Waals surface area contributed by atoms with Crippen LogP contribution in [0.15, 0.2) is 167 Å². The summed E-state index contributed by atoms with van der Waals surface area (Å²) >= 11 is 0. The van der Waals surface area contributed by atoms with Crippen molar-refractivity contribution in [1.29, 1.82) is 0 Å². The van der Waals surface area contributed by atoms with E-state index in [-0.39, 0.29) is 16.2 Å². The summed E-state index contributed by atoms with van der Waals surface area (Å²) < 4.78 is 13.3. The maximum atomic E-state index is 6.80. The lowest BCUT2D eigenvalue weighted by molar-refractivity contribution is 0.651. The fourth-order valence-electron chi connectivity index (χ4n) is 13.4. The minimum Gasteiger partial charge on any atom is -0.456 e. The number of furan rings is 2. The molecule has 0 bridgehead atoms. The second-order valence-corrected chi connectivity index (χ2v) is 21.8. The number of fused-ring (bicyclic) bond motifs is 17. The van der Waals surface area contributed by atoms with E-state index in [1.54, 1.807) is 0 Å². The third kappa shape index (κ3) is 5.28. The van der Waals surface area contributed by atoms with Gasteiger partial charge in [-0.2, -0.15) is 0 Å². The molecule has 0 atom stereocenters. The molecule has 0 saturated heterocycles. The van der Waals surface area contributed by atoms with Gasteiger partial charge in [-0.25, -0.2) is 0 Å². The highest BCUT2D eigenvalue weighted by Crippen LogP contribution is 2.60. The van der Waals surface area contributed by atoms with Gasteiger partial charge in [0.2, 0.25) is 0 Å². The number of hydrogen-bond donors (Lipinski definition) is 0. The molecule has 0 spiro atoms. The van der Waals surface area contributed by atoms with Gasteiger partial charge < -0.3 is 13.7 Å². The molecule has 0 amide bonds. The van der Waals surface area contributed by atoms with Crippen LogP contribution in [0.1, 0.15) is 91.6 Å². The Labute approximate surface area is 403 Å². The Balaban J connectivity index is 0.950. The Hall–Kier alpha value is -7.62. The zero-order valence-electron chi connectivity index (χ0n) is 40.8. The predicted molar refractivity (Wildman–Crippen MR) is 288 cm³/mol. The van der Waals surface area contributed by atoms with Crippen LogP contribution >= 0.6 is 0 Å². The molecule has 3 nitrogen and oxygen atoms in total. The summed E-state index contributed by atoms with van der Waals surface area (Å²) in [5.74, 6) is 0. The zero-order chi connectivity index (χ0) is 47.0. The standard InChI is InChI=1S/C66H53NO2/c1-36-29-37(2)62(38(3)30-36)67(41-24-26-43-51(32-41)66(8,9)54-33-46(39-17-11-10-12-18-39)63-61(58(43)54)45-20-14-16-22-56(45)69-63)40-23-25-42-47-34-53-48(35-52(47)65(6,7)50(42)31-40)59-49(64(53,4)5)27-28-57-60(59)44-19-13-15-21-55(44)68-57/h10-35H,1-9H3. The molecular weight excluding hydrogens is 839 g/mol. The molecule has 3 heteroatoms. The van der Waals surface area contributed by atoms with Crippen LogP contribution in [0.25, 0.3) is 88.4 Å². The van der Waals surface area contributed by atoms with E-state index in [0.717, 1.165) is 50.2 Å². The van der Waals surface area contributed by atoms with Gasteiger partial charge in [0.1, 0.15) is 22.3 Å². The minimum atomic E-state index is -0.289. The van der Waals surface area contributed by atoms with Crippen LogP contribution in [0.2, 0.25) is 0 Å². The van der Waals surface area contributed by atoms with Crippen LogP contribution in [-0.4, -0.2) is 0 Å². The number of nitrogens with zero attached hydrogens (tertiary/aromatic N) is 1. The van der Waals surface area contributed by atoms with Gasteiger partial charge in [0, 0.05) is 54.7 Å². The first-order chi connectivity index (χ1) is 33.2. The average molecular weight is 892 g/mol. The Kier molecular flexibility index (Phi) is 7.94. The summed E-state index contributed by atoms with van der Waals surface area (Å²) in [5, 5.41) is 4.76. The fraction of sp³-hybridized carbons (Fsp3) is 0.182. The summed E-state index contributed by atoms with van der Waals surface area (Å²) in [5.41, 5.74) is 28.7. The summed E-state index contributed by atoms with van der Waals surface area (Å²) in [6, 6.07) is 58.9. The maximum Gasteiger partial charge on any atom is 0.143 e. The molecule has 9 aromatic carbocycles. The van der Waals surface area contributed by atoms with Gasteiger partial charge in [-0.3, -0.25) is 0 Å². The first-order valence-corrected chi connectivity index (χ1v) is 24.6. The molecule has 0 N–H and O–H groups in total. The van der Waals surface area contributed by atoms with E-state index in [0.29, 0.717) is 0 Å². The van der Waals surface area contributed by atoms with Gasteiger partial charge in [0.15, 0.2) is 0 Å². The molecule has 0 fully saturated rings. The second kappa shape index (κ2) is 13.5. The van der Waals surface area contributed by atoms with Crippen LogP contribution < -0.4 is 4.90 Å². The monoisotopic (exact) mass is 891 g/mol. The largest absolute Gasteiger partial charge is 0.456 e. The Morgan fingerprint density at radius 1 is 0.377 bits per heavy atom. The molecule has 334 valence electrons. The molecule has 11 aromatic rings. The van der Waals surface area contributed by atoms with Crippen molar-refractivity contribution in [3.63, 3.8) is 0 Å². The normalized spacial score (nSPS) is 15.4. The van der Waals surface area contributed by atoms with Crippen LogP contribution in [-0.2, 0) is 16.2 Å². The Bertz CT molecular complexity index is 4050. The highest BCUT2D eigenvalue weighted by atomic mass is 16.3. The molecule has 14 rings (SSSR count). The third-order valence-electron chi connectivity index (χ3n) is 16.7. The molecule has 3 aliphatic rings. The van der Waals surface area contributed by atoms with Crippen LogP contribution in [0, 0.1) is 20.8 Å². The maximum absolute atomic E-state index is 6.80. The fourth-order valence-corrected chi connectivity index (χ4v) is 13.4. The van der Waals surface area contributed by atoms with E-state index in [9.17, 15) is 0 Å². The zero-order valence-corrected chi connectivity index (χ0v) is 40.8. The number of benzene rings is 9. The summed E-state index contributed by atoms with van der Waals surface area (Å²) in [4.78, 5) is 2.54. The SMILES string of the molecule is Cc1cc(C)c(N(c2ccc3c(c2)C(C)(C)c2cc4c(cc2-3)C(C)(C)c2ccc3oc5ccccc5c3c2-4)c2ccc3c(c2)C(C)(C)c2cc(-c4ccccc4)c4oc5ccccc5c4c2-3)c(C)c1. The molecule has 3 aliphatic carbocycles. The van der Waals surface area contributed by atoms with E-state index in [1.165, 1.54) is 105 Å². The molecular formula is C66H53NO2. The van der Waals surface area contributed by atoms with E-state index in [4.69, 9.17) is 8.83 Å². The molecule has 0 radical (unpaired) electrons. The summed E-state index contributed by atoms with van der Waals surface area (Å²) in [6.07, 6.45) is 0. The smallest absolute Gasteiger partial charge is 0.143 e. The molecule has 0 aliphatic heterocycles. The number of anilines is 3. The lowest BCUT2D eigenvalue weighted by atomic mass is 9.79. The van der Waals surface area contributed by atoms with Crippen molar-refractivity contribution in [2.45, 2.75) is 78.6 Å². The predicted octanol–water partition coefficient (Wildman–Crippen LogP) is 18.5.